The molecule has 0 saturated carbocycles. The van der Waals surface area contributed by atoms with Gasteiger partial charge in [-0.1, -0.05) is 23.2 Å². The molecule has 3 rings (SSSR count). The summed E-state index contributed by atoms with van der Waals surface area (Å²) in [6, 6.07) is 5.84. The Hall–Kier alpha value is -1.10. The van der Waals surface area contributed by atoms with Gasteiger partial charge in [0.25, 0.3) is 0 Å². The zero-order valence-electron chi connectivity index (χ0n) is 9.76. The number of aliphatic hydroxyl groups excluding tert-OH is 1. The van der Waals surface area contributed by atoms with Crippen molar-refractivity contribution in [2.24, 2.45) is 0 Å². The SMILES string of the molecule is Cc1ccc2c(c1)C(O)CC(c1ncc(Cl)s1)O2. The van der Waals surface area contributed by atoms with E-state index >= 15 is 0 Å². The number of nitrogens with zero attached hydrogens (tertiary/aromatic N) is 1. The number of aliphatic hydroxyl groups is 1. The van der Waals surface area contributed by atoms with E-state index in [1.165, 1.54) is 11.3 Å². The average Bonchev–Trinajstić information content (AvgIpc) is 2.77. The lowest BCUT2D eigenvalue weighted by Gasteiger charge is -2.28. The van der Waals surface area contributed by atoms with Crippen LogP contribution < -0.4 is 4.74 Å². The molecule has 1 aromatic heterocycles. The first-order valence-corrected chi connectivity index (χ1v) is 6.89. The molecule has 0 saturated heterocycles. The average molecular weight is 282 g/mol. The highest BCUT2D eigenvalue weighted by Gasteiger charge is 2.29. The minimum atomic E-state index is -0.513. The highest BCUT2D eigenvalue weighted by molar-refractivity contribution is 7.15. The first-order chi connectivity index (χ1) is 8.63. The summed E-state index contributed by atoms with van der Waals surface area (Å²) in [5.41, 5.74) is 1.97. The van der Waals surface area contributed by atoms with Crippen molar-refractivity contribution in [3.63, 3.8) is 0 Å². The second-order valence-corrected chi connectivity index (χ2v) is 6.10. The Morgan fingerprint density at radius 2 is 2.33 bits per heavy atom. The van der Waals surface area contributed by atoms with E-state index in [-0.39, 0.29) is 6.10 Å². The highest BCUT2D eigenvalue weighted by Crippen LogP contribution is 2.42. The lowest BCUT2D eigenvalue weighted by Crippen LogP contribution is -2.18. The van der Waals surface area contributed by atoms with Gasteiger partial charge in [-0.2, -0.15) is 0 Å². The van der Waals surface area contributed by atoms with Gasteiger partial charge in [0.1, 0.15) is 15.1 Å². The second kappa shape index (κ2) is 4.53. The topological polar surface area (TPSA) is 42.4 Å². The molecule has 2 atom stereocenters. The zero-order chi connectivity index (χ0) is 12.7. The largest absolute Gasteiger partial charge is 0.483 e. The van der Waals surface area contributed by atoms with Crippen molar-refractivity contribution >= 4 is 22.9 Å². The van der Waals surface area contributed by atoms with E-state index in [0.717, 1.165) is 21.9 Å². The van der Waals surface area contributed by atoms with E-state index in [2.05, 4.69) is 4.98 Å². The number of benzene rings is 1. The lowest BCUT2D eigenvalue weighted by atomic mass is 9.98. The summed E-state index contributed by atoms with van der Waals surface area (Å²) < 4.78 is 6.52. The third kappa shape index (κ3) is 2.11. The zero-order valence-corrected chi connectivity index (χ0v) is 11.3. The van der Waals surface area contributed by atoms with Crippen LogP contribution >= 0.6 is 22.9 Å². The molecule has 2 unspecified atom stereocenters. The molecule has 3 nitrogen and oxygen atoms in total. The van der Waals surface area contributed by atoms with Gasteiger partial charge in [-0.3, -0.25) is 0 Å². The van der Waals surface area contributed by atoms with Crippen LogP contribution in [-0.4, -0.2) is 10.1 Å². The van der Waals surface area contributed by atoms with Crippen LogP contribution in [0.2, 0.25) is 4.34 Å². The standard InChI is InChI=1S/C13H12ClNO2S/c1-7-2-3-10-8(4-7)9(16)5-11(17-10)13-15-6-12(14)18-13/h2-4,6,9,11,16H,5H2,1H3. The molecule has 2 aromatic rings. The number of hydrogen-bond acceptors (Lipinski definition) is 4. The number of halogens is 1. The molecule has 1 aromatic carbocycles. The van der Waals surface area contributed by atoms with Crippen molar-refractivity contribution < 1.29 is 9.84 Å². The van der Waals surface area contributed by atoms with E-state index in [1.807, 2.05) is 25.1 Å². The fraction of sp³-hybridized carbons (Fsp3) is 0.308. The summed E-state index contributed by atoms with van der Waals surface area (Å²) in [5.74, 6) is 0.732. The molecule has 0 spiro atoms. The Morgan fingerprint density at radius 3 is 3.06 bits per heavy atom. The number of ether oxygens (including phenoxy) is 1. The van der Waals surface area contributed by atoms with E-state index in [9.17, 15) is 5.11 Å². The molecule has 5 heteroatoms. The second-order valence-electron chi connectivity index (χ2n) is 4.40. The number of aryl methyl sites for hydroxylation is 1. The monoisotopic (exact) mass is 281 g/mol. The molecule has 0 amide bonds. The van der Waals surface area contributed by atoms with Crippen LogP contribution in [0.1, 0.15) is 34.8 Å². The quantitative estimate of drug-likeness (QED) is 0.867. The van der Waals surface area contributed by atoms with Crippen LogP contribution in [0.15, 0.2) is 24.4 Å². The smallest absolute Gasteiger partial charge is 0.153 e. The maximum absolute atomic E-state index is 10.2. The van der Waals surface area contributed by atoms with Crippen LogP contribution in [-0.2, 0) is 0 Å². The summed E-state index contributed by atoms with van der Waals surface area (Å²) in [7, 11) is 0. The van der Waals surface area contributed by atoms with E-state index in [4.69, 9.17) is 16.3 Å². The van der Waals surface area contributed by atoms with Gasteiger partial charge in [-0.05, 0) is 19.1 Å². The third-order valence-corrected chi connectivity index (χ3v) is 4.21. The van der Waals surface area contributed by atoms with Gasteiger partial charge in [-0.25, -0.2) is 4.98 Å². The van der Waals surface area contributed by atoms with Crippen molar-refractivity contribution in [2.45, 2.75) is 25.6 Å². The van der Waals surface area contributed by atoms with Crippen molar-refractivity contribution in [1.29, 1.82) is 0 Å². The molecule has 0 radical (unpaired) electrons. The predicted octanol–water partition coefficient (Wildman–Crippen LogP) is 3.66. The van der Waals surface area contributed by atoms with Gasteiger partial charge >= 0.3 is 0 Å². The Kier molecular flexibility index (Phi) is 3.01. The van der Waals surface area contributed by atoms with Gasteiger partial charge in [0.2, 0.25) is 0 Å². The highest BCUT2D eigenvalue weighted by atomic mass is 35.5. The molecule has 0 bridgehead atoms. The maximum atomic E-state index is 10.2. The fourth-order valence-corrected chi connectivity index (χ4v) is 3.11. The Balaban J connectivity index is 1.94. The fourth-order valence-electron chi connectivity index (χ4n) is 2.13. The van der Waals surface area contributed by atoms with E-state index in [1.54, 1.807) is 6.20 Å². The number of rotatable bonds is 1. The van der Waals surface area contributed by atoms with Gasteiger partial charge in [0.05, 0.1) is 12.3 Å². The predicted molar refractivity (Wildman–Crippen MR) is 71.2 cm³/mol. The molecule has 0 aliphatic carbocycles. The molecular formula is C13H12ClNO2S. The third-order valence-electron chi connectivity index (χ3n) is 3.00. The van der Waals surface area contributed by atoms with Crippen LogP contribution in [0.5, 0.6) is 5.75 Å². The minimum Gasteiger partial charge on any atom is -0.483 e. The molecule has 1 aliphatic heterocycles. The Bertz CT molecular complexity index is 584. The maximum Gasteiger partial charge on any atom is 0.153 e. The van der Waals surface area contributed by atoms with Crippen molar-refractivity contribution in [3.8, 4) is 5.75 Å². The van der Waals surface area contributed by atoms with Crippen LogP contribution in [0, 0.1) is 6.92 Å². The molecule has 2 heterocycles. The molecule has 18 heavy (non-hydrogen) atoms. The first-order valence-electron chi connectivity index (χ1n) is 5.70. The lowest BCUT2D eigenvalue weighted by molar-refractivity contribution is 0.0655. The number of thiazole rings is 1. The Labute approximate surface area is 114 Å². The number of hydrogen-bond donors (Lipinski definition) is 1. The minimum absolute atomic E-state index is 0.215. The van der Waals surface area contributed by atoms with Crippen molar-refractivity contribution in [3.05, 3.63) is 44.9 Å². The summed E-state index contributed by atoms with van der Waals surface area (Å²) >= 11 is 7.27. The van der Waals surface area contributed by atoms with Gasteiger partial charge < -0.3 is 9.84 Å². The molecular weight excluding hydrogens is 270 g/mol. The molecule has 1 aliphatic rings. The van der Waals surface area contributed by atoms with Gasteiger partial charge in [0.15, 0.2) is 6.10 Å². The van der Waals surface area contributed by atoms with Gasteiger partial charge in [0, 0.05) is 12.0 Å². The normalized spacial score (nSPS) is 22.4. The van der Waals surface area contributed by atoms with Crippen molar-refractivity contribution in [1.82, 2.24) is 4.98 Å². The summed E-state index contributed by atoms with van der Waals surface area (Å²) in [4.78, 5) is 4.21. The number of fused-ring (bicyclic) bond motifs is 1. The molecule has 0 fully saturated rings. The van der Waals surface area contributed by atoms with E-state index < -0.39 is 6.10 Å². The Morgan fingerprint density at radius 1 is 1.50 bits per heavy atom. The summed E-state index contributed by atoms with van der Waals surface area (Å²) in [6.45, 7) is 2.00. The van der Waals surface area contributed by atoms with Crippen LogP contribution in [0.4, 0.5) is 0 Å². The first kappa shape index (κ1) is 12.0. The van der Waals surface area contributed by atoms with Crippen molar-refractivity contribution in [2.75, 3.05) is 0 Å². The van der Waals surface area contributed by atoms with Crippen LogP contribution in [0.3, 0.4) is 0 Å². The van der Waals surface area contributed by atoms with E-state index in [0.29, 0.717) is 10.8 Å². The molecule has 94 valence electrons. The summed E-state index contributed by atoms with van der Waals surface area (Å²) in [5, 5.41) is 11.0. The van der Waals surface area contributed by atoms with Gasteiger partial charge in [-0.15, -0.1) is 11.3 Å². The number of aromatic nitrogens is 1. The summed E-state index contributed by atoms with van der Waals surface area (Å²) in [6.07, 6.45) is 1.40. The van der Waals surface area contributed by atoms with Crippen LogP contribution in [0.25, 0.3) is 0 Å². The molecule has 1 N–H and O–H groups in total.